The predicted octanol–water partition coefficient (Wildman–Crippen LogP) is 4.96. The summed E-state index contributed by atoms with van der Waals surface area (Å²) in [4.78, 5) is 15.3. The zero-order valence-corrected chi connectivity index (χ0v) is 15.1. The fourth-order valence-electron chi connectivity index (χ4n) is 3.77. The van der Waals surface area contributed by atoms with Crippen LogP contribution in [-0.4, -0.2) is 21.4 Å². The summed E-state index contributed by atoms with van der Waals surface area (Å²) in [5.74, 6) is -0.174. The van der Waals surface area contributed by atoms with E-state index >= 15 is 0 Å². The lowest BCUT2D eigenvalue weighted by molar-refractivity contribution is 0.0655. The largest absolute Gasteiger partial charge is 0.339 e. The zero-order valence-electron chi connectivity index (χ0n) is 14.2. The summed E-state index contributed by atoms with van der Waals surface area (Å²) in [6, 6.07) is 10.8. The standard InChI is InChI=1S/C20H21FN2OS/c1-22-17-10-11-25-19(17)12-18(22)20(24)23(16-4-2-3-5-16)13-14-6-8-15(21)9-7-14/h6-12,16H,2-5,13H2,1H3. The molecule has 0 atom stereocenters. The molecule has 1 amide bonds. The van der Waals surface area contributed by atoms with E-state index in [4.69, 9.17) is 0 Å². The predicted molar refractivity (Wildman–Crippen MR) is 99.3 cm³/mol. The van der Waals surface area contributed by atoms with Crippen LogP contribution in [0.15, 0.2) is 41.8 Å². The van der Waals surface area contributed by atoms with Gasteiger partial charge in [-0.3, -0.25) is 4.79 Å². The maximum Gasteiger partial charge on any atom is 0.271 e. The normalized spacial score (nSPS) is 15.1. The number of thiophene rings is 1. The Morgan fingerprint density at radius 3 is 2.64 bits per heavy atom. The first-order valence-electron chi connectivity index (χ1n) is 8.72. The fourth-order valence-corrected chi connectivity index (χ4v) is 4.62. The Balaban J connectivity index is 1.66. The van der Waals surface area contributed by atoms with E-state index in [0.717, 1.165) is 34.3 Å². The van der Waals surface area contributed by atoms with Gasteiger partial charge >= 0.3 is 0 Å². The lowest BCUT2D eigenvalue weighted by Crippen LogP contribution is -2.39. The maximum atomic E-state index is 13.3. The van der Waals surface area contributed by atoms with Gasteiger partial charge in [0.25, 0.3) is 5.91 Å². The molecular formula is C20H21FN2OS. The topological polar surface area (TPSA) is 25.2 Å². The highest BCUT2D eigenvalue weighted by atomic mass is 32.1. The van der Waals surface area contributed by atoms with Gasteiger partial charge in [0.2, 0.25) is 0 Å². The molecular weight excluding hydrogens is 335 g/mol. The lowest BCUT2D eigenvalue weighted by Gasteiger charge is -2.29. The van der Waals surface area contributed by atoms with Gasteiger partial charge in [-0.2, -0.15) is 0 Å². The molecule has 4 rings (SSSR count). The van der Waals surface area contributed by atoms with Crippen molar-refractivity contribution in [3.05, 3.63) is 58.9 Å². The lowest BCUT2D eigenvalue weighted by atomic mass is 10.1. The number of carbonyl (C=O) groups excluding carboxylic acids is 1. The molecule has 1 aliphatic carbocycles. The Labute approximate surface area is 150 Å². The summed E-state index contributed by atoms with van der Waals surface area (Å²) in [6.45, 7) is 0.530. The molecule has 1 aliphatic rings. The highest BCUT2D eigenvalue weighted by molar-refractivity contribution is 7.17. The SMILES string of the molecule is Cn1c(C(=O)N(Cc2ccc(F)cc2)C2CCCC2)cc2sccc21. The third kappa shape index (κ3) is 3.09. The number of aromatic nitrogens is 1. The van der Waals surface area contributed by atoms with Crippen molar-refractivity contribution < 1.29 is 9.18 Å². The monoisotopic (exact) mass is 356 g/mol. The van der Waals surface area contributed by atoms with Gasteiger partial charge in [-0.25, -0.2) is 4.39 Å². The summed E-state index contributed by atoms with van der Waals surface area (Å²) in [5, 5.41) is 2.05. The van der Waals surface area contributed by atoms with Crippen molar-refractivity contribution in [2.75, 3.05) is 0 Å². The molecule has 0 spiro atoms. The van der Waals surface area contributed by atoms with Crippen LogP contribution in [0.1, 0.15) is 41.7 Å². The van der Waals surface area contributed by atoms with Crippen LogP contribution in [0.25, 0.3) is 10.2 Å². The van der Waals surface area contributed by atoms with E-state index in [1.165, 1.54) is 25.0 Å². The van der Waals surface area contributed by atoms with Gasteiger partial charge in [-0.05, 0) is 48.1 Å². The van der Waals surface area contributed by atoms with E-state index in [2.05, 4.69) is 6.07 Å². The first-order chi connectivity index (χ1) is 12.1. The molecule has 1 aromatic carbocycles. The second kappa shape index (κ2) is 6.64. The minimum atomic E-state index is -0.245. The Hall–Kier alpha value is -2.14. The Kier molecular flexibility index (Phi) is 4.34. The van der Waals surface area contributed by atoms with Crippen LogP contribution in [-0.2, 0) is 13.6 Å². The average molecular weight is 356 g/mol. The molecule has 1 fully saturated rings. The van der Waals surface area contributed by atoms with Crippen LogP contribution in [0.5, 0.6) is 0 Å². The molecule has 0 radical (unpaired) electrons. The first-order valence-corrected chi connectivity index (χ1v) is 9.60. The van der Waals surface area contributed by atoms with Crippen LogP contribution in [0.3, 0.4) is 0 Å². The molecule has 0 bridgehead atoms. The number of hydrogen-bond donors (Lipinski definition) is 0. The fraction of sp³-hybridized carbons (Fsp3) is 0.350. The van der Waals surface area contributed by atoms with E-state index < -0.39 is 0 Å². The summed E-state index contributed by atoms with van der Waals surface area (Å²) in [5.41, 5.74) is 2.80. The van der Waals surface area contributed by atoms with Crippen molar-refractivity contribution in [3.8, 4) is 0 Å². The number of hydrogen-bond acceptors (Lipinski definition) is 2. The van der Waals surface area contributed by atoms with Crippen LogP contribution < -0.4 is 0 Å². The van der Waals surface area contributed by atoms with Crippen LogP contribution in [0.2, 0.25) is 0 Å². The molecule has 0 unspecified atom stereocenters. The Morgan fingerprint density at radius 1 is 1.24 bits per heavy atom. The average Bonchev–Trinajstić information content (AvgIpc) is 3.33. The number of benzene rings is 1. The quantitative estimate of drug-likeness (QED) is 0.648. The molecule has 1 saturated carbocycles. The van der Waals surface area contributed by atoms with Crippen molar-refractivity contribution in [2.45, 2.75) is 38.3 Å². The van der Waals surface area contributed by atoms with Gasteiger partial charge in [0.1, 0.15) is 11.5 Å². The van der Waals surface area contributed by atoms with E-state index in [1.54, 1.807) is 23.5 Å². The second-order valence-electron chi connectivity index (χ2n) is 6.76. The minimum Gasteiger partial charge on any atom is -0.339 e. The number of carbonyl (C=O) groups is 1. The Morgan fingerprint density at radius 2 is 1.96 bits per heavy atom. The minimum absolute atomic E-state index is 0.0714. The molecule has 2 aromatic heterocycles. The van der Waals surface area contributed by atoms with Gasteiger partial charge < -0.3 is 9.47 Å². The molecule has 3 aromatic rings. The van der Waals surface area contributed by atoms with E-state index in [0.29, 0.717) is 6.54 Å². The number of fused-ring (bicyclic) bond motifs is 1. The summed E-state index contributed by atoms with van der Waals surface area (Å²) in [6.07, 6.45) is 4.43. The number of nitrogens with zero attached hydrogens (tertiary/aromatic N) is 2. The molecule has 0 saturated heterocycles. The molecule has 0 aliphatic heterocycles. The van der Waals surface area contributed by atoms with Crippen LogP contribution in [0, 0.1) is 5.82 Å². The molecule has 130 valence electrons. The van der Waals surface area contributed by atoms with Gasteiger partial charge in [-0.15, -0.1) is 11.3 Å². The maximum absolute atomic E-state index is 13.3. The summed E-state index contributed by atoms with van der Waals surface area (Å²) in [7, 11) is 1.95. The zero-order chi connectivity index (χ0) is 17.4. The van der Waals surface area contributed by atoms with Crippen molar-refractivity contribution >= 4 is 27.5 Å². The van der Waals surface area contributed by atoms with Gasteiger partial charge in [0.05, 0.1) is 10.2 Å². The molecule has 0 N–H and O–H groups in total. The molecule has 2 heterocycles. The number of halogens is 1. The number of amides is 1. The third-order valence-corrected chi connectivity index (χ3v) is 6.03. The number of aryl methyl sites for hydroxylation is 1. The van der Waals surface area contributed by atoms with E-state index in [9.17, 15) is 9.18 Å². The second-order valence-corrected chi connectivity index (χ2v) is 7.70. The molecule has 25 heavy (non-hydrogen) atoms. The first kappa shape index (κ1) is 16.3. The smallest absolute Gasteiger partial charge is 0.271 e. The van der Waals surface area contributed by atoms with Crippen molar-refractivity contribution in [2.24, 2.45) is 7.05 Å². The van der Waals surface area contributed by atoms with Crippen LogP contribution in [0.4, 0.5) is 4.39 Å². The van der Waals surface area contributed by atoms with E-state index in [-0.39, 0.29) is 17.8 Å². The van der Waals surface area contributed by atoms with Gasteiger partial charge in [0, 0.05) is 19.6 Å². The third-order valence-electron chi connectivity index (χ3n) is 5.18. The van der Waals surface area contributed by atoms with Gasteiger partial charge in [0.15, 0.2) is 0 Å². The highest BCUT2D eigenvalue weighted by Crippen LogP contribution is 2.29. The number of rotatable bonds is 4. The summed E-state index contributed by atoms with van der Waals surface area (Å²) >= 11 is 1.66. The highest BCUT2D eigenvalue weighted by Gasteiger charge is 2.29. The summed E-state index contributed by atoms with van der Waals surface area (Å²) < 4.78 is 16.3. The van der Waals surface area contributed by atoms with Crippen molar-refractivity contribution in [1.82, 2.24) is 9.47 Å². The van der Waals surface area contributed by atoms with Crippen molar-refractivity contribution in [3.63, 3.8) is 0 Å². The molecule has 5 heteroatoms. The molecule has 3 nitrogen and oxygen atoms in total. The van der Waals surface area contributed by atoms with Gasteiger partial charge in [-0.1, -0.05) is 25.0 Å². The van der Waals surface area contributed by atoms with Crippen LogP contribution >= 0.6 is 11.3 Å². The Bertz CT molecular complexity index is 890. The van der Waals surface area contributed by atoms with Crippen molar-refractivity contribution in [1.29, 1.82) is 0 Å². The van der Waals surface area contributed by atoms with E-state index in [1.807, 2.05) is 28.0 Å².